The standard InChI is InChI=1S/C18H20ClN3O3S/c1-10(2)25-16-13(19)8-11(9-14(16)24-3)4-7-15(23)20-18-22-21-17(26-18)12-5-6-12/h4,7-10,12H,5-6H2,1-3H3,(H,20,22,23)/b7-4+. The molecule has 0 aliphatic heterocycles. The monoisotopic (exact) mass is 393 g/mol. The van der Waals surface area contributed by atoms with E-state index in [2.05, 4.69) is 15.5 Å². The summed E-state index contributed by atoms with van der Waals surface area (Å²) in [6.07, 6.45) is 5.36. The van der Waals surface area contributed by atoms with Crippen LogP contribution < -0.4 is 14.8 Å². The molecule has 1 heterocycles. The summed E-state index contributed by atoms with van der Waals surface area (Å²) in [4.78, 5) is 12.1. The zero-order chi connectivity index (χ0) is 18.7. The molecule has 1 amide bonds. The van der Waals surface area contributed by atoms with Crippen molar-refractivity contribution >= 4 is 40.1 Å². The molecule has 0 spiro atoms. The topological polar surface area (TPSA) is 73.3 Å². The van der Waals surface area contributed by atoms with E-state index >= 15 is 0 Å². The number of methoxy groups -OCH3 is 1. The highest BCUT2D eigenvalue weighted by atomic mass is 35.5. The molecule has 1 aromatic heterocycles. The molecule has 8 heteroatoms. The average molecular weight is 394 g/mol. The van der Waals surface area contributed by atoms with Crippen LogP contribution in [0.25, 0.3) is 6.08 Å². The maximum absolute atomic E-state index is 12.1. The Morgan fingerprint density at radius 1 is 1.38 bits per heavy atom. The van der Waals surface area contributed by atoms with Gasteiger partial charge >= 0.3 is 0 Å². The number of halogens is 1. The van der Waals surface area contributed by atoms with Gasteiger partial charge in [0.1, 0.15) is 5.01 Å². The van der Waals surface area contributed by atoms with Gasteiger partial charge in [0.05, 0.1) is 18.2 Å². The number of hydrogen-bond donors (Lipinski definition) is 1. The van der Waals surface area contributed by atoms with E-state index in [4.69, 9.17) is 21.1 Å². The van der Waals surface area contributed by atoms with Gasteiger partial charge in [0.2, 0.25) is 11.0 Å². The predicted octanol–water partition coefficient (Wildman–Crippen LogP) is 4.52. The van der Waals surface area contributed by atoms with Crippen LogP contribution in [0.2, 0.25) is 5.02 Å². The average Bonchev–Trinajstić information content (AvgIpc) is 3.34. The number of carbonyl (C=O) groups excluding carboxylic acids is 1. The zero-order valence-electron chi connectivity index (χ0n) is 14.8. The predicted molar refractivity (Wildman–Crippen MR) is 103 cm³/mol. The van der Waals surface area contributed by atoms with Gasteiger partial charge in [0, 0.05) is 12.0 Å². The van der Waals surface area contributed by atoms with E-state index in [9.17, 15) is 4.79 Å². The van der Waals surface area contributed by atoms with E-state index in [1.807, 2.05) is 13.8 Å². The van der Waals surface area contributed by atoms with Crippen LogP contribution >= 0.6 is 22.9 Å². The molecule has 1 saturated carbocycles. The van der Waals surface area contributed by atoms with E-state index in [1.54, 1.807) is 25.3 Å². The molecule has 0 unspecified atom stereocenters. The van der Waals surface area contributed by atoms with E-state index in [1.165, 1.54) is 17.4 Å². The van der Waals surface area contributed by atoms with Crippen molar-refractivity contribution in [2.24, 2.45) is 0 Å². The number of carbonyl (C=O) groups is 1. The van der Waals surface area contributed by atoms with Crippen LogP contribution in [0.3, 0.4) is 0 Å². The summed E-state index contributed by atoms with van der Waals surface area (Å²) in [6.45, 7) is 3.83. The molecular formula is C18H20ClN3O3S. The van der Waals surface area contributed by atoms with Gasteiger partial charge < -0.3 is 9.47 Å². The second kappa shape index (κ2) is 8.05. The van der Waals surface area contributed by atoms with Crippen molar-refractivity contribution in [1.82, 2.24) is 10.2 Å². The number of rotatable bonds is 7. The molecule has 1 aliphatic carbocycles. The van der Waals surface area contributed by atoms with Gasteiger partial charge in [-0.15, -0.1) is 10.2 Å². The lowest BCUT2D eigenvalue weighted by molar-refractivity contribution is -0.111. The number of ether oxygens (including phenoxy) is 2. The number of anilines is 1. The van der Waals surface area contributed by atoms with Crippen LogP contribution in [-0.4, -0.2) is 29.3 Å². The first kappa shape index (κ1) is 18.7. The third-order valence-electron chi connectivity index (χ3n) is 3.63. The first-order chi connectivity index (χ1) is 12.5. The SMILES string of the molecule is COc1cc(/C=C/C(=O)Nc2nnc(C3CC3)s2)cc(Cl)c1OC(C)C. The van der Waals surface area contributed by atoms with Gasteiger partial charge in [0.25, 0.3) is 0 Å². The zero-order valence-corrected chi connectivity index (χ0v) is 16.4. The maximum Gasteiger partial charge on any atom is 0.250 e. The van der Waals surface area contributed by atoms with Gasteiger partial charge in [-0.2, -0.15) is 0 Å². The summed E-state index contributed by atoms with van der Waals surface area (Å²) >= 11 is 7.71. The van der Waals surface area contributed by atoms with Crippen molar-refractivity contribution < 1.29 is 14.3 Å². The summed E-state index contributed by atoms with van der Waals surface area (Å²) in [5.41, 5.74) is 0.731. The highest BCUT2D eigenvalue weighted by Gasteiger charge is 2.27. The lowest BCUT2D eigenvalue weighted by Crippen LogP contribution is -2.08. The van der Waals surface area contributed by atoms with Gasteiger partial charge in [0.15, 0.2) is 11.5 Å². The van der Waals surface area contributed by atoms with Crippen LogP contribution in [0.15, 0.2) is 18.2 Å². The molecule has 6 nitrogen and oxygen atoms in total. The molecule has 1 aliphatic rings. The first-order valence-electron chi connectivity index (χ1n) is 8.33. The minimum absolute atomic E-state index is 0.0268. The van der Waals surface area contributed by atoms with Gasteiger partial charge in [-0.05, 0) is 50.5 Å². The van der Waals surface area contributed by atoms with Crippen molar-refractivity contribution in [2.45, 2.75) is 38.7 Å². The summed E-state index contributed by atoms with van der Waals surface area (Å²) < 4.78 is 11.0. The molecule has 2 aromatic rings. The fourth-order valence-electron chi connectivity index (χ4n) is 2.29. The van der Waals surface area contributed by atoms with Crippen LogP contribution in [0.4, 0.5) is 5.13 Å². The Kier molecular flexibility index (Phi) is 5.78. The van der Waals surface area contributed by atoms with Crippen LogP contribution in [0.1, 0.15) is 43.2 Å². The number of nitrogens with one attached hydrogen (secondary N) is 1. The van der Waals surface area contributed by atoms with Crippen LogP contribution in [0.5, 0.6) is 11.5 Å². The van der Waals surface area contributed by atoms with Crippen LogP contribution in [-0.2, 0) is 4.79 Å². The van der Waals surface area contributed by atoms with Crippen molar-refractivity contribution in [2.75, 3.05) is 12.4 Å². The number of amides is 1. The third-order valence-corrected chi connectivity index (χ3v) is 4.91. The molecular weight excluding hydrogens is 374 g/mol. The third kappa shape index (κ3) is 4.74. The van der Waals surface area contributed by atoms with E-state index < -0.39 is 0 Å². The van der Waals surface area contributed by atoms with Crippen LogP contribution in [0, 0.1) is 0 Å². The van der Waals surface area contributed by atoms with Gasteiger partial charge in [-0.25, -0.2) is 0 Å². The molecule has 0 radical (unpaired) electrons. The van der Waals surface area contributed by atoms with Crippen molar-refractivity contribution in [3.63, 3.8) is 0 Å². The second-order valence-electron chi connectivity index (χ2n) is 6.24. The summed E-state index contributed by atoms with van der Waals surface area (Å²) in [5.74, 6) is 1.26. The molecule has 0 saturated heterocycles. The minimum atomic E-state index is -0.277. The lowest BCUT2D eigenvalue weighted by atomic mass is 10.2. The first-order valence-corrected chi connectivity index (χ1v) is 9.52. The Morgan fingerprint density at radius 2 is 2.15 bits per heavy atom. The van der Waals surface area contributed by atoms with Crippen molar-refractivity contribution in [3.05, 3.63) is 33.8 Å². The lowest BCUT2D eigenvalue weighted by Gasteiger charge is -2.15. The van der Waals surface area contributed by atoms with Gasteiger partial charge in [-0.3, -0.25) is 10.1 Å². The fraction of sp³-hybridized carbons (Fsp3) is 0.389. The number of nitrogens with zero attached hydrogens (tertiary/aromatic N) is 2. The quantitative estimate of drug-likeness (QED) is 0.700. The molecule has 26 heavy (non-hydrogen) atoms. The van der Waals surface area contributed by atoms with Gasteiger partial charge in [-0.1, -0.05) is 22.9 Å². The summed E-state index contributed by atoms with van der Waals surface area (Å²) in [6, 6.07) is 3.49. The smallest absolute Gasteiger partial charge is 0.250 e. The molecule has 0 bridgehead atoms. The largest absolute Gasteiger partial charge is 0.493 e. The number of aromatic nitrogens is 2. The molecule has 138 valence electrons. The minimum Gasteiger partial charge on any atom is -0.493 e. The maximum atomic E-state index is 12.1. The Labute approximate surface area is 161 Å². The Balaban J connectivity index is 1.68. The summed E-state index contributed by atoms with van der Waals surface area (Å²) in [7, 11) is 1.55. The van der Waals surface area contributed by atoms with E-state index in [-0.39, 0.29) is 12.0 Å². The van der Waals surface area contributed by atoms with Crippen molar-refractivity contribution in [1.29, 1.82) is 0 Å². The van der Waals surface area contributed by atoms with E-state index in [0.29, 0.717) is 27.6 Å². The van der Waals surface area contributed by atoms with Crippen molar-refractivity contribution in [3.8, 4) is 11.5 Å². The number of benzene rings is 1. The summed E-state index contributed by atoms with van der Waals surface area (Å²) in [5, 5.41) is 12.7. The molecule has 0 atom stereocenters. The second-order valence-corrected chi connectivity index (χ2v) is 7.66. The highest BCUT2D eigenvalue weighted by molar-refractivity contribution is 7.15. The Bertz CT molecular complexity index is 831. The highest BCUT2D eigenvalue weighted by Crippen LogP contribution is 2.42. The molecule has 1 aromatic carbocycles. The Hall–Kier alpha value is -2.12. The number of hydrogen-bond acceptors (Lipinski definition) is 6. The normalized spacial score (nSPS) is 14.0. The Morgan fingerprint density at radius 3 is 2.81 bits per heavy atom. The molecule has 1 N–H and O–H groups in total. The molecule has 1 fully saturated rings. The fourth-order valence-corrected chi connectivity index (χ4v) is 3.46. The van der Waals surface area contributed by atoms with E-state index in [0.717, 1.165) is 23.4 Å². The molecule has 3 rings (SSSR count).